The van der Waals surface area contributed by atoms with Crippen molar-refractivity contribution in [1.29, 1.82) is 0 Å². The van der Waals surface area contributed by atoms with Crippen molar-refractivity contribution in [2.75, 3.05) is 55.9 Å². The zero-order valence-electron chi connectivity index (χ0n) is 37.7. The van der Waals surface area contributed by atoms with E-state index in [1.54, 1.807) is 67.5 Å². The largest absolute Gasteiger partial charge is 0.497 e. The fraction of sp³-hybridized carbons (Fsp3) is 0.271. The van der Waals surface area contributed by atoms with Gasteiger partial charge in [-0.1, -0.05) is 36.4 Å². The fourth-order valence-corrected chi connectivity index (χ4v) is 8.55. The van der Waals surface area contributed by atoms with Gasteiger partial charge < -0.3 is 34.1 Å². The van der Waals surface area contributed by atoms with Crippen molar-refractivity contribution in [2.24, 2.45) is 0 Å². The second-order valence-corrected chi connectivity index (χ2v) is 17.8. The van der Waals surface area contributed by atoms with Crippen molar-refractivity contribution in [2.45, 2.75) is 50.9 Å². The Labute approximate surface area is 388 Å². The Kier molecular flexibility index (Phi) is 13.2. The van der Waals surface area contributed by atoms with Crippen LogP contribution < -0.4 is 34.1 Å². The highest BCUT2D eigenvalue weighted by atomic mass is 32.2. The molecule has 0 saturated carbocycles. The van der Waals surface area contributed by atoms with E-state index in [4.69, 9.17) is 18.9 Å². The molecule has 20 heteroatoms. The molecule has 354 valence electrons. The molecule has 0 fully saturated rings. The molecule has 0 saturated heterocycles. The van der Waals surface area contributed by atoms with Crippen LogP contribution in [0.15, 0.2) is 96.4 Å². The van der Waals surface area contributed by atoms with Gasteiger partial charge in [-0.15, -0.1) is 0 Å². The predicted molar refractivity (Wildman–Crippen MR) is 245 cm³/mol. The number of alkyl halides is 3. The number of pyridine rings is 1. The van der Waals surface area contributed by atoms with E-state index in [2.05, 4.69) is 30.2 Å². The molecule has 1 atom stereocenters. The summed E-state index contributed by atoms with van der Waals surface area (Å²) in [4.78, 5) is 25.2. The molecule has 8 rings (SSSR count). The molecule has 1 N–H and O–H groups in total. The number of hydrogen-bond acceptors (Lipinski definition) is 14. The summed E-state index contributed by atoms with van der Waals surface area (Å²) < 4.78 is 129. The van der Waals surface area contributed by atoms with Gasteiger partial charge in [-0.2, -0.15) is 13.2 Å². The summed E-state index contributed by atoms with van der Waals surface area (Å²) in [5, 5.41) is 2.27. The maximum Gasteiger partial charge on any atom is 0.417 e. The number of sulfone groups is 1. The molecule has 68 heavy (non-hydrogen) atoms. The Morgan fingerprint density at radius 1 is 0.809 bits per heavy atom. The number of methoxy groups -OCH3 is 3. The highest BCUT2D eigenvalue weighted by Gasteiger charge is 2.41. The number of anilines is 3. The van der Waals surface area contributed by atoms with Crippen molar-refractivity contribution in [3.05, 3.63) is 136 Å². The first-order chi connectivity index (χ1) is 32.5. The molecule has 0 unspecified atom stereocenters. The van der Waals surface area contributed by atoms with Crippen molar-refractivity contribution in [1.82, 2.24) is 24.9 Å². The second kappa shape index (κ2) is 19.1. The van der Waals surface area contributed by atoms with E-state index < -0.39 is 66.7 Å². The molecule has 4 aromatic carbocycles. The van der Waals surface area contributed by atoms with Gasteiger partial charge in [0.05, 0.1) is 45.2 Å². The van der Waals surface area contributed by atoms with Gasteiger partial charge in [0.1, 0.15) is 63.6 Å². The van der Waals surface area contributed by atoms with E-state index >= 15 is 22.0 Å². The smallest absolute Gasteiger partial charge is 0.417 e. The molecule has 0 amide bonds. The lowest BCUT2D eigenvalue weighted by Crippen LogP contribution is -2.32. The van der Waals surface area contributed by atoms with Crippen LogP contribution in [0, 0.1) is 18.6 Å². The van der Waals surface area contributed by atoms with Crippen molar-refractivity contribution in [3.8, 4) is 34.4 Å². The molecule has 0 aliphatic carbocycles. The normalized spacial score (nSPS) is 13.1. The Bertz CT molecular complexity index is 3040. The van der Waals surface area contributed by atoms with E-state index in [0.717, 1.165) is 24.8 Å². The van der Waals surface area contributed by atoms with Gasteiger partial charge >= 0.3 is 6.18 Å². The molecule has 0 bridgehead atoms. The van der Waals surface area contributed by atoms with Crippen LogP contribution in [0.25, 0.3) is 22.2 Å². The Morgan fingerprint density at radius 2 is 1.37 bits per heavy atom. The minimum Gasteiger partial charge on any atom is -0.497 e. The van der Waals surface area contributed by atoms with Crippen LogP contribution in [0.5, 0.6) is 23.1 Å². The van der Waals surface area contributed by atoms with E-state index in [1.165, 1.54) is 31.5 Å². The number of hydrogen-bond donors (Lipinski definition) is 1. The second-order valence-electron chi connectivity index (χ2n) is 15.9. The molecule has 1 aliphatic rings. The van der Waals surface area contributed by atoms with Crippen LogP contribution in [0.1, 0.15) is 46.5 Å². The number of halogens is 5. The first kappa shape index (κ1) is 47.2. The van der Waals surface area contributed by atoms with E-state index in [1.807, 2.05) is 24.3 Å². The first-order valence-electron chi connectivity index (χ1n) is 21.1. The summed E-state index contributed by atoms with van der Waals surface area (Å²) in [7, 11) is 0.268. The monoisotopic (exact) mass is 956 g/mol. The summed E-state index contributed by atoms with van der Waals surface area (Å²) >= 11 is 0. The average molecular weight is 957 g/mol. The Hall–Kier alpha value is -7.35. The zero-order valence-corrected chi connectivity index (χ0v) is 38.5. The van der Waals surface area contributed by atoms with Gasteiger partial charge in [-0.25, -0.2) is 37.1 Å². The van der Waals surface area contributed by atoms with Gasteiger partial charge in [0.15, 0.2) is 5.82 Å². The zero-order chi connectivity index (χ0) is 48.5. The summed E-state index contributed by atoms with van der Waals surface area (Å²) in [6.45, 7) is 2.86. The van der Waals surface area contributed by atoms with Crippen LogP contribution >= 0.6 is 0 Å². The highest BCUT2D eigenvalue weighted by molar-refractivity contribution is 7.90. The Morgan fingerprint density at radius 3 is 1.91 bits per heavy atom. The molecule has 1 aliphatic heterocycles. The third kappa shape index (κ3) is 9.58. The molecule has 0 spiro atoms. The van der Waals surface area contributed by atoms with E-state index in [-0.39, 0.29) is 49.0 Å². The topological polar surface area (TPSA) is 154 Å². The molecule has 14 nitrogen and oxygen atoms in total. The number of aromatic nitrogens is 5. The van der Waals surface area contributed by atoms with Crippen molar-refractivity contribution < 1.29 is 49.3 Å². The van der Waals surface area contributed by atoms with Crippen LogP contribution in [0.4, 0.5) is 39.3 Å². The van der Waals surface area contributed by atoms with Gasteiger partial charge in [-0.05, 0) is 78.6 Å². The average Bonchev–Trinajstić information content (AvgIpc) is 3.51. The molecule has 7 aromatic rings. The molecule has 4 heterocycles. The van der Waals surface area contributed by atoms with Gasteiger partial charge in [0, 0.05) is 43.8 Å². The van der Waals surface area contributed by atoms with Gasteiger partial charge in [0.25, 0.3) is 0 Å². The maximum atomic E-state index is 17.6. The lowest BCUT2D eigenvalue weighted by atomic mass is 9.95. The third-order valence-corrected chi connectivity index (χ3v) is 12.4. The lowest BCUT2D eigenvalue weighted by molar-refractivity contribution is -0.137. The van der Waals surface area contributed by atoms with E-state index in [0.29, 0.717) is 46.4 Å². The fourth-order valence-electron chi connectivity index (χ4n) is 8.04. The molecular formula is C48H45F5N8O6S. The van der Waals surface area contributed by atoms with Crippen molar-refractivity contribution in [3.63, 3.8) is 0 Å². The summed E-state index contributed by atoms with van der Waals surface area (Å²) in [5.41, 5.74) is -2.43. The number of benzene rings is 4. The van der Waals surface area contributed by atoms with Crippen LogP contribution in [-0.4, -0.2) is 74.1 Å². The number of nitrogens with zero attached hydrogens (tertiary/aromatic N) is 7. The summed E-state index contributed by atoms with van der Waals surface area (Å²) in [5.74, 6) is -0.960. The summed E-state index contributed by atoms with van der Waals surface area (Å²) in [6.07, 6.45) is -1.44. The first-order valence-corrected chi connectivity index (χ1v) is 23.0. The number of nitrogens with one attached hydrogen (secondary N) is 1. The third-order valence-electron chi connectivity index (χ3n) is 11.5. The van der Waals surface area contributed by atoms with Crippen LogP contribution in [0.3, 0.4) is 0 Å². The molecule has 0 radical (unpaired) electrons. The number of rotatable bonds is 15. The highest BCUT2D eigenvalue weighted by Crippen LogP contribution is 2.47. The molecular weight excluding hydrogens is 912 g/mol. The van der Waals surface area contributed by atoms with Gasteiger partial charge in [-0.3, -0.25) is 4.98 Å². The van der Waals surface area contributed by atoms with Crippen LogP contribution in [0.2, 0.25) is 0 Å². The lowest BCUT2D eigenvalue weighted by Gasteiger charge is -2.30. The molecule has 3 aromatic heterocycles. The van der Waals surface area contributed by atoms with E-state index in [9.17, 15) is 8.42 Å². The maximum absolute atomic E-state index is 17.6. The van der Waals surface area contributed by atoms with Crippen molar-refractivity contribution >= 4 is 38.1 Å². The van der Waals surface area contributed by atoms with Crippen LogP contribution in [-0.2, 0) is 35.6 Å². The number of ether oxygens (including phenoxy) is 4. The minimum absolute atomic E-state index is 0.00241. The quantitative estimate of drug-likeness (QED) is 0.0767. The standard InChI is InChI=1S/C48H45F5N8O6S/c1-27-38(48(51,52)53)35(23-36(39(27)49)60(25-30-9-15-33(65-4)16-10-30)26-31-11-17-34(66-5)18-12-31)42-40(50)43-37-45(59-47(58-43)68(6,62)63)61(21-22-67-46(37)57-42)28(2)41-44(55-20-19-54-41)56-24-29-7-13-32(64-3)14-8-29/h7-20,23,28H,21-22,24-26H2,1-6H3,(H,55,56)/t28-/m1/s1. The minimum atomic E-state index is -5.23. The summed E-state index contributed by atoms with van der Waals surface area (Å²) in [6, 6.07) is 21.2. The SMILES string of the molecule is COc1ccc(CNc2nccnc2[C@@H](C)N2CCOc3nc(-c4cc(N(Cc5ccc(OC)cc5)Cc5ccc(OC)cc5)c(F)c(C)c4C(F)(F)F)c(F)c4nc(S(C)(=O)=O)nc2c34)cc1. The van der Waals surface area contributed by atoms with Gasteiger partial charge in [0.2, 0.25) is 20.9 Å². The predicted octanol–water partition coefficient (Wildman–Crippen LogP) is 9.30. The Balaban J connectivity index is 1.29.